The minimum absolute atomic E-state index is 0.213. The number of hydrogen-bond acceptors (Lipinski definition) is 4. The van der Waals surface area contributed by atoms with Gasteiger partial charge in [-0.3, -0.25) is 4.40 Å². The zero-order chi connectivity index (χ0) is 14.8. The first-order valence-electron chi connectivity index (χ1n) is 6.51. The Morgan fingerprint density at radius 1 is 1.24 bits per heavy atom. The average molecular weight is 282 g/mol. The van der Waals surface area contributed by atoms with Gasteiger partial charge in [-0.15, -0.1) is 0 Å². The van der Waals surface area contributed by atoms with Crippen molar-refractivity contribution < 1.29 is 14.6 Å². The molecule has 1 N–H and O–H groups in total. The summed E-state index contributed by atoms with van der Waals surface area (Å²) >= 11 is 0. The highest BCUT2D eigenvalue weighted by molar-refractivity contribution is 5.88. The van der Waals surface area contributed by atoms with Gasteiger partial charge >= 0.3 is 5.97 Å². The lowest BCUT2D eigenvalue weighted by molar-refractivity contribution is 0.0592. The molecule has 0 saturated carbocycles. The summed E-state index contributed by atoms with van der Waals surface area (Å²) in [7, 11) is 1.35. The van der Waals surface area contributed by atoms with Gasteiger partial charge in [-0.25, -0.2) is 9.78 Å². The highest BCUT2D eigenvalue weighted by atomic mass is 16.5. The van der Waals surface area contributed by atoms with Crippen LogP contribution < -0.4 is 0 Å². The van der Waals surface area contributed by atoms with Crippen LogP contribution in [-0.2, 0) is 11.2 Å². The van der Waals surface area contributed by atoms with Crippen molar-refractivity contribution in [3.05, 3.63) is 65.7 Å². The van der Waals surface area contributed by atoms with E-state index in [0.29, 0.717) is 17.9 Å². The predicted molar refractivity (Wildman–Crippen MR) is 77.4 cm³/mol. The van der Waals surface area contributed by atoms with E-state index >= 15 is 0 Å². The summed E-state index contributed by atoms with van der Waals surface area (Å²) in [6.07, 6.45) is 2.12. The lowest BCUT2D eigenvalue weighted by atomic mass is 10.1. The molecule has 0 fully saturated rings. The molecular weight excluding hydrogens is 268 g/mol. The number of esters is 1. The molecule has 0 amide bonds. The number of nitrogens with zero attached hydrogens (tertiary/aromatic N) is 2. The van der Waals surface area contributed by atoms with Crippen LogP contribution >= 0.6 is 0 Å². The van der Waals surface area contributed by atoms with Crippen LogP contribution in [0.5, 0.6) is 5.75 Å². The van der Waals surface area contributed by atoms with E-state index in [1.165, 1.54) is 7.11 Å². The molecule has 5 heteroatoms. The van der Waals surface area contributed by atoms with E-state index in [9.17, 15) is 9.90 Å². The Balaban J connectivity index is 2.11. The molecule has 5 nitrogen and oxygen atoms in total. The Bertz CT molecular complexity index is 808. The Morgan fingerprint density at radius 2 is 2.05 bits per heavy atom. The molecule has 21 heavy (non-hydrogen) atoms. The molecule has 0 aliphatic rings. The summed E-state index contributed by atoms with van der Waals surface area (Å²) in [6.45, 7) is 0. The molecule has 2 heterocycles. The second-order valence-electron chi connectivity index (χ2n) is 4.64. The van der Waals surface area contributed by atoms with Gasteiger partial charge in [-0.1, -0.05) is 24.3 Å². The van der Waals surface area contributed by atoms with Crippen molar-refractivity contribution in [2.75, 3.05) is 7.11 Å². The summed E-state index contributed by atoms with van der Waals surface area (Å²) in [5.41, 5.74) is 1.98. The second-order valence-corrected chi connectivity index (χ2v) is 4.64. The largest absolute Gasteiger partial charge is 0.508 e. The lowest BCUT2D eigenvalue weighted by Gasteiger charge is -2.08. The minimum Gasteiger partial charge on any atom is -0.508 e. The fourth-order valence-corrected chi connectivity index (χ4v) is 2.33. The van der Waals surface area contributed by atoms with Gasteiger partial charge in [0.1, 0.15) is 17.3 Å². The van der Waals surface area contributed by atoms with Crippen LogP contribution in [-0.4, -0.2) is 27.6 Å². The highest BCUT2D eigenvalue weighted by Gasteiger charge is 2.15. The van der Waals surface area contributed by atoms with Gasteiger partial charge in [-0.2, -0.15) is 0 Å². The Hall–Kier alpha value is -2.82. The summed E-state index contributed by atoms with van der Waals surface area (Å²) < 4.78 is 6.55. The van der Waals surface area contributed by atoms with Crippen molar-refractivity contribution >= 4 is 11.5 Å². The molecule has 3 aromatic rings. The average Bonchev–Trinajstić information content (AvgIpc) is 2.92. The van der Waals surface area contributed by atoms with E-state index < -0.39 is 5.97 Å². The van der Waals surface area contributed by atoms with Crippen LogP contribution in [0.2, 0.25) is 0 Å². The number of aromatic nitrogens is 2. The Morgan fingerprint density at radius 3 is 2.81 bits per heavy atom. The number of ether oxygens (including phenoxy) is 1. The predicted octanol–water partition coefficient (Wildman–Crippen LogP) is 2.42. The van der Waals surface area contributed by atoms with Crippen LogP contribution in [0, 0.1) is 0 Å². The Labute approximate surface area is 121 Å². The number of carbonyl (C=O) groups excluding carboxylic acids is 1. The van der Waals surface area contributed by atoms with E-state index in [1.807, 2.05) is 18.2 Å². The van der Waals surface area contributed by atoms with Crippen molar-refractivity contribution in [2.45, 2.75) is 6.42 Å². The third-order valence-corrected chi connectivity index (χ3v) is 3.36. The first-order valence-corrected chi connectivity index (χ1v) is 6.51. The smallest absolute Gasteiger partial charge is 0.355 e. The molecule has 0 unspecified atom stereocenters. The molecule has 2 aromatic heterocycles. The van der Waals surface area contributed by atoms with Gasteiger partial charge in [0.2, 0.25) is 0 Å². The van der Waals surface area contributed by atoms with Gasteiger partial charge < -0.3 is 9.84 Å². The maximum Gasteiger partial charge on any atom is 0.355 e. The van der Waals surface area contributed by atoms with Crippen LogP contribution in [0.15, 0.2) is 48.7 Å². The first-order chi connectivity index (χ1) is 10.2. The number of pyridine rings is 1. The van der Waals surface area contributed by atoms with Gasteiger partial charge in [-0.05, 0) is 18.2 Å². The van der Waals surface area contributed by atoms with E-state index in [4.69, 9.17) is 4.74 Å². The molecule has 0 atom stereocenters. The second kappa shape index (κ2) is 5.28. The molecule has 0 radical (unpaired) electrons. The molecule has 0 bridgehead atoms. The maximum absolute atomic E-state index is 11.9. The Kier molecular flexibility index (Phi) is 3.31. The number of aromatic hydroxyl groups is 1. The zero-order valence-electron chi connectivity index (χ0n) is 11.5. The zero-order valence-corrected chi connectivity index (χ0v) is 11.5. The van der Waals surface area contributed by atoms with Crippen LogP contribution in [0.3, 0.4) is 0 Å². The van der Waals surface area contributed by atoms with Gasteiger partial charge in [0.15, 0.2) is 0 Å². The lowest BCUT2D eigenvalue weighted by Crippen LogP contribution is -2.10. The summed E-state index contributed by atoms with van der Waals surface area (Å²) in [6, 6.07) is 12.4. The van der Waals surface area contributed by atoms with E-state index in [-0.39, 0.29) is 5.75 Å². The number of methoxy groups -OCH3 is 1. The van der Waals surface area contributed by atoms with Crippen molar-refractivity contribution in [3.8, 4) is 5.75 Å². The maximum atomic E-state index is 11.9. The van der Waals surface area contributed by atoms with Crippen molar-refractivity contribution in [1.29, 1.82) is 0 Å². The molecule has 0 spiro atoms. The van der Waals surface area contributed by atoms with Crippen molar-refractivity contribution in [3.63, 3.8) is 0 Å². The third kappa shape index (κ3) is 2.33. The number of phenolic OH excluding ortho intramolecular Hbond substituents is 1. The molecular formula is C16H14N2O3. The number of benzene rings is 1. The standard InChI is InChI=1S/C16H14N2O3/c1-21-16(20)13-7-4-6-12-10-17-15(18(12)13)9-11-5-2-3-8-14(11)19/h2-8,10,19H,9H2,1H3. The monoisotopic (exact) mass is 282 g/mol. The molecule has 0 saturated heterocycles. The molecule has 1 aromatic carbocycles. The first kappa shape index (κ1) is 13.2. The molecule has 0 aliphatic carbocycles. The fraction of sp³-hybridized carbons (Fsp3) is 0.125. The van der Waals surface area contributed by atoms with Gasteiger partial charge in [0.25, 0.3) is 0 Å². The summed E-state index contributed by atoms with van der Waals surface area (Å²) in [5, 5.41) is 9.88. The number of carbonyl (C=O) groups is 1. The number of hydrogen-bond donors (Lipinski definition) is 1. The van der Waals surface area contributed by atoms with Crippen LogP contribution in [0.25, 0.3) is 5.52 Å². The van der Waals surface area contributed by atoms with Crippen LogP contribution in [0.1, 0.15) is 21.9 Å². The number of para-hydroxylation sites is 1. The summed E-state index contributed by atoms with van der Waals surface area (Å²) in [5.74, 6) is 0.467. The van der Waals surface area contributed by atoms with Crippen molar-refractivity contribution in [1.82, 2.24) is 9.38 Å². The SMILES string of the molecule is COC(=O)c1cccc2cnc(Cc3ccccc3O)n12. The minimum atomic E-state index is -0.419. The number of fused-ring (bicyclic) bond motifs is 1. The summed E-state index contributed by atoms with van der Waals surface area (Å²) in [4.78, 5) is 16.2. The molecule has 106 valence electrons. The normalized spacial score (nSPS) is 10.7. The molecule has 3 rings (SSSR count). The van der Waals surface area contributed by atoms with Crippen molar-refractivity contribution in [2.24, 2.45) is 0 Å². The fourth-order valence-electron chi connectivity index (χ4n) is 2.33. The van der Waals surface area contributed by atoms with Crippen LogP contribution in [0.4, 0.5) is 0 Å². The number of rotatable bonds is 3. The number of imidazole rings is 1. The molecule has 0 aliphatic heterocycles. The third-order valence-electron chi connectivity index (χ3n) is 3.36. The quantitative estimate of drug-likeness (QED) is 0.749. The van der Waals surface area contributed by atoms with Gasteiger partial charge in [0, 0.05) is 12.0 Å². The number of phenols is 1. The topological polar surface area (TPSA) is 63.8 Å². The van der Waals surface area contributed by atoms with E-state index in [0.717, 1.165) is 11.1 Å². The highest BCUT2D eigenvalue weighted by Crippen LogP contribution is 2.21. The van der Waals surface area contributed by atoms with Gasteiger partial charge in [0.05, 0.1) is 18.8 Å². The van der Waals surface area contributed by atoms with E-state index in [2.05, 4.69) is 4.98 Å². The van der Waals surface area contributed by atoms with E-state index in [1.54, 1.807) is 34.9 Å².